The van der Waals surface area contributed by atoms with E-state index in [1.807, 2.05) is 37.5 Å². The van der Waals surface area contributed by atoms with Crippen LogP contribution in [0.15, 0.2) is 65.9 Å². The number of aromatic nitrogens is 5. The summed E-state index contributed by atoms with van der Waals surface area (Å²) in [4.78, 5) is 4.41. The standard InChI is InChI=1S/C26H27N7O2/c1-16(17-3-2-4-18(9-17)19-10-30-31-11-19)35-25-24-22(13-29-26(25)27)23(15-34-24)20-12-32-33(14-20)21-5-7-28-8-6-21/h2-4,9-16,21,28H,5-8H2,1H3,(H2,27,29)(H,30,31). The van der Waals surface area contributed by atoms with Gasteiger partial charge < -0.3 is 20.2 Å². The highest BCUT2D eigenvalue weighted by atomic mass is 16.5. The van der Waals surface area contributed by atoms with Crippen molar-refractivity contribution in [2.75, 3.05) is 18.8 Å². The number of benzene rings is 1. The van der Waals surface area contributed by atoms with Gasteiger partial charge in [0, 0.05) is 35.3 Å². The summed E-state index contributed by atoms with van der Waals surface area (Å²) in [6, 6.07) is 8.57. The molecule has 9 heteroatoms. The molecule has 4 N–H and O–H groups in total. The van der Waals surface area contributed by atoms with Gasteiger partial charge in [-0.05, 0) is 50.0 Å². The second kappa shape index (κ2) is 8.92. The topological polar surface area (TPSA) is 120 Å². The molecule has 1 aliphatic rings. The molecule has 1 fully saturated rings. The van der Waals surface area contributed by atoms with Gasteiger partial charge in [0.2, 0.25) is 5.75 Å². The van der Waals surface area contributed by atoms with Gasteiger partial charge in [-0.15, -0.1) is 0 Å². The van der Waals surface area contributed by atoms with Gasteiger partial charge in [-0.3, -0.25) is 9.78 Å². The maximum absolute atomic E-state index is 6.33. The highest BCUT2D eigenvalue weighted by Gasteiger charge is 2.21. The third kappa shape index (κ3) is 4.04. The van der Waals surface area contributed by atoms with Gasteiger partial charge in [0.05, 0.1) is 23.8 Å². The first kappa shape index (κ1) is 21.4. The van der Waals surface area contributed by atoms with Gasteiger partial charge in [0.25, 0.3) is 0 Å². The molecule has 0 aliphatic carbocycles. The molecule has 0 saturated carbocycles. The van der Waals surface area contributed by atoms with Crippen LogP contribution in [0, 0.1) is 0 Å². The Hall–Kier alpha value is -4.11. The highest BCUT2D eigenvalue weighted by molar-refractivity contribution is 5.97. The Morgan fingerprint density at radius 2 is 2.03 bits per heavy atom. The number of fused-ring (bicyclic) bond motifs is 1. The summed E-state index contributed by atoms with van der Waals surface area (Å²) < 4.78 is 14.4. The number of nitrogens with two attached hydrogens (primary N) is 1. The first-order chi connectivity index (χ1) is 17.2. The first-order valence-corrected chi connectivity index (χ1v) is 11.8. The number of aromatic amines is 1. The van der Waals surface area contributed by atoms with Gasteiger partial charge >= 0.3 is 0 Å². The second-order valence-electron chi connectivity index (χ2n) is 8.93. The SMILES string of the molecule is CC(Oc1c(N)ncc2c(-c3cnn(C4CCNCC4)c3)coc12)c1cccc(-c2cn[nH]c2)c1. The van der Waals surface area contributed by atoms with Crippen LogP contribution in [0.1, 0.15) is 37.5 Å². The number of piperidine rings is 1. The number of hydrogen-bond donors (Lipinski definition) is 3. The average molecular weight is 470 g/mol. The van der Waals surface area contributed by atoms with Crippen LogP contribution in [0.3, 0.4) is 0 Å². The van der Waals surface area contributed by atoms with Crippen molar-refractivity contribution in [2.45, 2.75) is 31.9 Å². The molecular weight excluding hydrogens is 442 g/mol. The monoisotopic (exact) mass is 469 g/mol. The fourth-order valence-corrected chi connectivity index (χ4v) is 4.69. The Morgan fingerprint density at radius 3 is 2.86 bits per heavy atom. The van der Waals surface area contributed by atoms with E-state index in [1.54, 1.807) is 18.7 Å². The Morgan fingerprint density at radius 1 is 1.14 bits per heavy atom. The molecule has 0 amide bonds. The largest absolute Gasteiger partial charge is 0.479 e. The summed E-state index contributed by atoms with van der Waals surface area (Å²) >= 11 is 0. The van der Waals surface area contributed by atoms with Crippen LogP contribution < -0.4 is 15.8 Å². The zero-order chi connectivity index (χ0) is 23.8. The van der Waals surface area contributed by atoms with E-state index in [0.29, 0.717) is 23.2 Å². The summed E-state index contributed by atoms with van der Waals surface area (Å²) in [7, 11) is 0. The van der Waals surface area contributed by atoms with Crippen LogP contribution >= 0.6 is 0 Å². The number of nitrogen functional groups attached to an aromatic ring is 1. The van der Waals surface area contributed by atoms with E-state index in [1.165, 1.54) is 0 Å². The molecular formula is C26H27N7O2. The van der Waals surface area contributed by atoms with E-state index in [4.69, 9.17) is 14.9 Å². The molecule has 178 valence electrons. The molecule has 6 rings (SSSR count). The number of H-pyrrole nitrogens is 1. The van der Waals surface area contributed by atoms with Gasteiger partial charge in [-0.1, -0.05) is 18.2 Å². The molecule has 5 heterocycles. The Balaban J connectivity index is 1.30. The van der Waals surface area contributed by atoms with E-state index in [9.17, 15) is 0 Å². The quantitative estimate of drug-likeness (QED) is 0.329. The van der Waals surface area contributed by atoms with E-state index in [-0.39, 0.29) is 6.10 Å². The normalized spacial score (nSPS) is 15.5. The molecule has 1 unspecified atom stereocenters. The van der Waals surface area contributed by atoms with Crippen molar-refractivity contribution in [1.82, 2.24) is 30.3 Å². The molecule has 0 radical (unpaired) electrons. The summed E-state index contributed by atoms with van der Waals surface area (Å²) in [5, 5.41) is 15.8. The molecule has 1 aromatic carbocycles. The third-order valence-corrected chi connectivity index (χ3v) is 6.68. The van der Waals surface area contributed by atoms with Crippen LogP contribution in [0.4, 0.5) is 5.82 Å². The minimum atomic E-state index is -0.271. The Bertz CT molecular complexity index is 1450. The van der Waals surface area contributed by atoms with Gasteiger partial charge in [0.1, 0.15) is 12.4 Å². The Kier molecular flexibility index (Phi) is 5.46. The van der Waals surface area contributed by atoms with Crippen molar-refractivity contribution in [3.8, 4) is 28.0 Å². The van der Waals surface area contributed by atoms with Crippen LogP contribution in [0.5, 0.6) is 5.75 Å². The van der Waals surface area contributed by atoms with Gasteiger partial charge in [-0.2, -0.15) is 10.2 Å². The summed E-state index contributed by atoms with van der Waals surface area (Å²) in [5.41, 5.74) is 11.8. The van der Waals surface area contributed by atoms with Crippen molar-refractivity contribution in [1.29, 1.82) is 0 Å². The fraction of sp³-hybridized carbons (Fsp3) is 0.269. The number of rotatable bonds is 6. The molecule has 1 saturated heterocycles. The van der Waals surface area contributed by atoms with Crippen molar-refractivity contribution in [3.63, 3.8) is 0 Å². The number of nitrogens with zero attached hydrogens (tertiary/aromatic N) is 4. The molecule has 1 atom stereocenters. The summed E-state index contributed by atoms with van der Waals surface area (Å²) in [6.45, 7) is 4.02. The number of furan rings is 1. The number of ether oxygens (including phenoxy) is 1. The molecule has 0 bridgehead atoms. The van der Waals surface area contributed by atoms with Crippen LogP contribution in [0.25, 0.3) is 33.2 Å². The van der Waals surface area contributed by atoms with E-state index < -0.39 is 0 Å². The smallest absolute Gasteiger partial charge is 0.205 e. The lowest BCUT2D eigenvalue weighted by Gasteiger charge is -2.22. The van der Waals surface area contributed by atoms with E-state index in [0.717, 1.165) is 59.1 Å². The zero-order valence-electron chi connectivity index (χ0n) is 19.4. The number of nitrogens with one attached hydrogen (secondary N) is 2. The van der Waals surface area contributed by atoms with Crippen molar-refractivity contribution in [2.24, 2.45) is 0 Å². The van der Waals surface area contributed by atoms with Crippen LogP contribution in [-0.2, 0) is 0 Å². The summed E-state index contributed by atoms with van der Waals surface area (Å²) in [6.07, 6.45) is 13.0. The number of hydrogen-bond acceptors (Lipinski definition) is 7. The number of anilines is 1. The van der Waals surface area contributed by atoms with Gasteiger partial charge in [0.15, 0.2) is 11.4 Å². The molecule has 0 spiro atoms. The molecule has 1 aliphatic heterocycles. The van der Waals surface area contributed by atoms with Crippen LogP contribution in [0.2, 0.25) is 0 Å². The van der Waals surface area contributed by atoms with Crippen molar-refractivity contribution in [3.05, 3.63) is 67.1 Å². The fourth-order valence-electron chi connectivity index (χ4n) is 4.69. The first-order valence-electron chi connectivity index (χ1n) is 11.8. The predicted octanol–water partition coefficient (Wildman–Crippen LogP) is 4.73. The molecule has 9 nitrogen and oxygen atoms in total. The number of pyridine rings is 1. The van der Waals surface area contributed by atoms with Crippen molar-refractivity contribution < 1.29 is 9.15 Å². The highest BCUT2D eigenvalue weighted by Crippen LogP contribution is 2.40. The lowest BCUT2D eigenvalue weighted by atomic mass is 10.0. The maximum Gasteiger partial charge on any atom is 0.205 e. The van der Waals surface area contributed by atoms with Crippen LogP contribution in [-0.4, -0.2) is 38.1 Å². The maximum atomic E-state index is 6.33. The zero-order valence-corrected chi connectivity index (χ0v) is 19.4. The van der Waals surface area contributed by atoms with Crippen molar-refractivity contribution >= 4 is 16.8 Å². The van der Waals surface area contributed by atoms with E-state index >= 15 is 0 Å². The molecule has 4 aromatic heterocycles. The Labute approximate surface area is 202 Å². The lowest BCUT2D eigenvalue weighted by Crippen LogP contribution is -2.29. The average Bonchev–Trinajstić information content (AvgIpc) is 3.67. The minimum absolute atomic E-state index is 0.271. The summed E-state index contributed by atoms with van der Waals surface area (Å²) in [5.74, 6) is 0.738. The van der Waals surface area contributed by atoms with E-state index in [2.05, 4.69) is 42.5 Å². The lowest BCUT2D eigenvalue weighted by molar-refractivity contribution is 0.228. The molecule has 35 heavy (non-hydrogen) atoms. The molecule has 5 aromatic rings. The third-order valence-electron chi connectivity index (χ3n) is 6.68. The predicted molar refractivity (Wildman–Crippen MR) is 134 cm³/mol. The minimum Gasteiger partial charge on any atom is -0.479 e. The second-order valence-corrected chi connectivity index (χ2v) is 8.93. The van der Waals surface area contributed by atoms with Gasteiger partial charge in [-0.25, -0.2) is 4.98 Å².